The lowest BCUT2D eigenvalue weighted by molar-refractivity contribution is -0.354. The molecule has 2 aliphatic rings. The van der Waals surface area contributed by atoms with E-state index in [1.165, 1.54) is 24.3 Å². The summed E-state index contributed by atoms with van der Waals surface area (Å²) >= 11 is 6.00. The average Bonchev–Trinajstić information content (AvgIpc) is 3.00. The Morgan fingerprint density at radius 3 is 1.33 bits per heavy atom. The van der Waals surface area contributed by atoms with E-state index in [1.807, 2.05) is 0 Å². The van der Waals surface area contributed by atoms with Crippen LogP contribution in [0.25, 0.3) is 0 Å². The van der Waals surface area contributed by atoms with Crippen molar-refractivity contribution in [3.8, 4) is 5.75 Å². The summed E-state index contributed by atoms with van der Waals surface area (Å²) in [7, 11) is 0. The Bertz CT molecular complexity index is 1430. The molecule has 2 saturated heterocycles. The summed E-state index contributed by atoms with van der Waals surface area (Å²) in [5.41, 5.74) is 0. The van der Waals surface area contributed by atoms with Crippen molar-refractivity contribution < 1.29 is 85.7 Å². The Hall–Kier alpha value is -4.52. The summed E-state index contributed by atoms with van der Waals surface area (Å²) in [6, 6.07) is 5.99. The largest absolute Gasteiger partial charge is 0.463 e. The highest BCUT2D eigenvalue weighted by atomic mass is 35.5. The molecule has 0 amide bonds. The third-order valence-corrected chi connectivity index (χ3v) is 7.20. The first-order chi connectivity index (χ1) is 23.9. The lowest BCUT2D eigenvalue weighted by Gasteiger charge is -2.48. The van der Waals surface area contributed by atoms with Crippen molar-refractivity contribution in [2.24, 2.45) is 0 Å². The number of hydrogen-bond acceptors (Lipinski definition) is 18. The second kappa shape index (κ2) is 18.6. The van der Waals surface area contributed by atoms with Gasteiger partial charge >= 0.3 is 41.8 Å². The zero-order valence-corrected chi connectivity index (χ0v) is 29.5. The average molecular weight is 747 g/mol. The van der Waals surface area contributed by atoms with Crippen molar-refractivity contribution in [1.29, 1.82) is 0 Å². The number of hydrogen-bond donors (Lipinski definition) is 0. The molecule has 1 aromatic rings. The molecule has 18 nitrogen and oxygen atoms in total. The van der Waals surface area contributed by atoms with E-state index >= 15 is 0 Å². The van der Waals surface area contributed by atoms with Gasteiger partial charge in [-0.05, 0) is 24.3 Å². The zero-order chi connectivity index (χ0) is 38.0. The van der Waals surface area contributed by atoms with Crippen LogP contribution in [0.2, 0.25) is 5.02 Å². The van der Waals surface area contributed by atoms with E-state index in [4.69, 9.17) is 63.7 Å². The number of rotatable bonds is 13. The van der Waals surface area contributed by atoms with Crippen molar-refractivity contribution in [3.63, 3.8) is 0 Å². The first-order valence-electron chi connectivity index (χ1n) is 15.5. The highest BCUT2D eigenvalue weighted by Gasteiger charge is 2.58. The van der Waals surface area contributed by atoms with Crippen LogP contribution in [-0.2, 0) is 80.9 Å². The maximum Gasteiger partial charge on any atom is 0.303 e. The molecule has 0 spiro atoms. The number of carbonyl (C=O) groups excluding carboxylic acids is 7. The molecule has 51 heavy (non-hydrogen) atoms. The topological polar surface area (TPSA) is 221 Å². The molecule has 0 saturated carbocycles. The zero-order valence-electron chi connectivity index (χ0n) is 28.7. The van der Waals surface area contributed by atoms with Crippen molar-refractivity contribution >= 4 is 53.4 Å². The third kappa shape index (κ3) is 12.3. The molecule has 0 aromatic heterocycles. The summed E-state index contributed by atoms with van der Waals surface area (Å²) < 4.78 is 62.2. The Labute approximate surface area is 297 Å². The molecule has 0 bridgehead atoms. The van der Waals surface area contributed by atoms with Gasteiger partial charge in [0.05, 0.1) is 0 Å². The number of benzene rings is 1. The number of halogens is 1. The van der Waals surface area contributed by atoms with E-state index in [0.717, 1.165) is 48.5 Å². The third-order valence-electron chi connectivity index (χ3n) is 6.95. The smallest absolute Gasteiger partial charge is 0.303 e. The van der Waals surface area contributed by atoms with Gasteiger partial charge < -0.3 is 52.1 Å². The van der Waals surface area contributed by atoms with Crippen LogP contribution in [0.5, 0.6) is 5.75 Å². The summed E-state index contributed by atoms with van der Waals surface area (Å²) in [5, 5.41) is 0.382. The maximum atomic E-state index is 12.5. The molecular weight excluding hydrogens is 708 g/mol. The molecule has 1 aromatic carbocycles. The standard InChI is InChI=1S/C32H39ClO18/c1-14(34)41-12-23-25(43-16(3)36)27(44-17(4)37)30(47-20(7)40)32(50-23)51-26-24(13-42-15(2)35)49-31(48-22-10-8-21(33)9-11-22)29(46-19(6)39)28(26)45-18(5)38/h8-11,23-32H,12-13H2,1-7H3/t23-,24-,25-,26-,27+,28+,29-,30-,31-,32-/m1/s1. The van der Waals surface area contributed by atoms with Gasteiger partial charge in [0.25, 0.3) is 0 Å². The molecule has 2 heterocycles. The molecule has 2 fully saturated rings. The van der Waals surface area contributed by atoms with Gasteiger partial charge in [0, 0.05) is 53.5 Å². The second-order valence-corrected chi connectivity index (χ2v) is 11.7. The van der Waals surface area contributed by atoms with E-state index in [1.54, 1.807) is 0 Å². The van der Waals surface area contributed by atoms with Crippen LogP contribution < -0.4 is 4.74 Å². The molecule has 0 aliphatic carbocycles. The molecule has 3 rings (SSSR count). The van der Waals surface area contributed by atoms with Crippen molar-refractivity contribution in [1.82, 2.24) is 0 Å². The molecule has 0 N–H and O–H groups in total. The van der Waals surface area contributed by atoms with Crippen molar-refractivity contribution in [2.45, 2.75) is 110 Å². The maximum absolute atomic E-state index is 12.5. The van der Waals surface area contributed by atoms with Crippen LogP contribution in [0, 0.1) is 0 Å². The van der Waals surface area contributed by atoms with Crippen molar-refractivity contribution in [3.05, 3.63) is 29.3 Å². The first kappa shape index (κ1) is 40.9. The minimum atomic E-state index is -1.80. The second-order valence-electron chi connectivity index (χ2n) is 11.2. The Balaban J connectivity index is 2.16. The van der Waals surface area contributed by atoms with Gasteiger partial charge in [-0.3, -0.25) is 33.6 Å². The predicted molar refractivity (Wildman–Crippen MR) is 165 cm³/mol. The van der Waals surface area contributed by atoms with Gasteiger partial charge in [-0.15, -0.1) is 0 Å². The number of ether oxygens (including phenoxy) is 11. The van der Waals surface area contributed by atoms with Gasteiger partial charge in [0.2, 0.25) is 12.4 Å². The number of carbonyl (C=O) groups is 7. The molecule has 19 heteroatoms. The van der Waals surface area contributed by atoms with Gasteiger partial charge in [-0.2, -0.15) is 0 Å². The predicted octanol–water partition coefficient (Wildman–Crippen LogP) is 1.34. The van der Waals surface area contributed by atoms with Crippen LogP contribution in [0.4, 0.5) is 0 Å². The normalized spacial score (nSPS) is 28.6. The minimum absolute atomic E-state index is 0.188. The molecule has 282 valence electrons. The fourth-order valence-corrected chi connectivity index (χ4v) is 5.34. The SMILES string of the molecule is CC(=O)OC[C@H]1O[C@H](O[C@H]2[C@H](OC(C)=O)[C@@H](OC(C)=O)[C@H](Oc3ccc(Cl)cc3)O[C@@H]2COC(C)=O)[C@H](OC(C)=O)[C@@H](OC(C)=O)[C@@H]1OC(C)=O. The van der Waals surface area contributed by atoms with Gasteiger partial charge in [-0.1, -0.05) is 11.6 Å². The van der Waals surface area contributed by atoms with E-state index in [-0.39, 0.29) is 5.75 Å². The highest BCUT2D eigenvalue weighted by molar-refractivity contribution is 6.30. The van der Waals surface area contributed by atoms with Crippen LogP contribution >= 0.6 is 11.6 Å². The quantitative estimate of drug-likeness (QED) is 0.205. The van der Waals surface area contributed by atoms with Gasteiger partial charge in [0.1, 0.15) is 37.3 Å². The molecule has 2 aliphatic heterocycles. The lowest BCUT2D eigenvalue weighted by atomic mass is 9.96. The lowest BCUT2D eigenvalue weighted by Crippen LogP contribution is -2.67. The highest BCUT2D eigenvalue weighted by Crippen LogP contribution is 2.36. The molecule has 10 atom stereocenters. The van der Waals surface area contributed by atoms with Crippen LogP contribution in [0.15, 0.2) is 24.3 Å². The van der Waals surface area contributed by atoms with E-state index < -0.39 is 116 Å². The number of esters is 7. The monoisotopic (exact) mass is 746 g/mol. The van der Waals surface area contributed by atoms with Crippen LogP contribution in [0.1, 0.15) is 48.5 Å². The molecular formula is C32H39ClO18. The van der Waals surface area contributed by atoms with E-state index in [2.05, 4.69) is 0 Å². The summed E-state index contributed by atoms with van der Waals surface area (Å²) in [5.74, 6) is -5.72. The summed E-state index contributed by atoms with van der Waals surface area (Å²) in [4.78, 5) is 85.4. The Kier molecular flexibility index (Phi) is 15.0. The van der Waals surface area contributed by atoms with Crippen LogP contribution in [0.3, 0.4) is 0 Å². The summed E-state index contributed by atoms with van der Waals surface area (Å²) in [6.45, 7) is 6.33. The first-order valence-corrected chi connectivity index (χ1v) is 15.8. The van der Waals surface area contributed by atoms with E-state index in [0.29, 0.717) is 5.02 Å². The Morgan fingerprint density at radius 2 is 0.882 bits per heavy atom. The Morgan fingerprint density at radius 1 is 0.510 bits per heavy atom. The van der Waals surface area contributed by atoms with E-state index in [9.17, 15) is 33.6 Å². The van der Waals surface area contributed by atoms with Gasteiger partial charge in [0.15, 0.2) is 30.7 Å². The van der Waals surface area contributed by atoms with Crippen LogP contribution in [-0.4, -0.2) is 116 Å². The van der Waals surface area contributed by atoms with Crippen molar-refractivity contribution in [2.75, 3.05) is 13.2 Å². The molecule has 0 unspecified atom stereocenters. The summed E-state index contributed by atoms with van der Waals surface area (Å²) in [6.07, 6.45) is -15.7. The fourth-order valence-electron chi connectivity index (χ4n) is 5.21. The minimum Gasteiger partial charge on any atom is -0.463 e. The molecule has 0 radical (unpaired) electrons. The van der Waals surface area contributed by atoms with Gasteiger partial charge in [-0.25, -0.2) is 0 Å². The fraction of sp³-hybridized carbons (Fsp3) is 0.594.